The summed E-state index contributed by atoms with van der Waals surface area (Å²) >= 11 is 1.73. The van der Waals surface area contributed by atoms with Crippen molar-refractivity contribution in [3.05, 3.63) is 71.8 Å². The molecule has 1 N–H and O–H groups in total. The molecule has 2 aromatic rings. The van der Waals surface area contributed by atoms with Gasteiger partial charge in [0.15, 0.2) is 0 Å². The van der Waals surface area contributed by atoms with Crippen LogP contribution in [0.3, 0.4) is 0 Å². The van der Waals surface area contributed by atoms with Gasteiger partial charge in [0.25, 0.3) is 0 Å². The smallest absolute Gasteiger partial charge is 0.243 e. The Hall–Kier alpha value is -2.31. The first-order chi connectivity index (χ1) is 15.1. The second kappa shape index (κ2) is 9.45. The van der Waals surface area contributed by atoms with Crippen LogP contribution in [0.4, 0.5) is 0 Å². The van der Waals surface area contributed by atoms with E-state index < -0.39 is 10.9 Å². The first-order valence-electron chi connectivity index (χ1n) is 11.2. The maximum atomic E-state index is 13.3. The number of hydrogen-bond acceptors (Lipinski definition) is 4. The average Bonchev–Trinajstić information content (AvgIpc) is 3.37. The number of amides is 2. The van der Waals surface area contributed by atoms with Crippen LogP contribution in [0.1, 0.15) is 43.9 Å². The highest BCUT2D eigenvalue weighted by atomic mass is 32.2. The Morgan fingerprint density at radius 1 is 1.13 bits per heavy atom. The molecule has 0 aromatic heterocycles. The lowest BCUT2D eigenvalue weighted by atomic mass is 10.0. The van der Waals surface area contributed by atoms with Gasteiger partial charge in [-0.25, -0.2) is 0 Å². The predicted octanol–water partition coefficient (Wildman–Crippen LogP) is 3.78. The van der Waals surface area contributed by atoms with Gasteiger partial charge in [-0.1, -0.05) is 74.5 Å². The van der Waals surface area contributed by atoms with Crippen LogP contribution in [-0.4, -0.2) is 53.0 Å². The summed E-state index contributed by atoms with van der Waals surface area (Å²) < 4.78 is 0. The van der Waals surface area contributed by atoms with Crippen LogP contribution in [0.15, 0.2) is 60.7 Å². The number of nitrogens with zero attached hydrogens (tertiary/aromatic N) is 2. The molecule has 0 unspecified atom stereocenters. The van der Waals surface area contributed by atoms with Gasteiger partial charge in [0, 0.05) is 18.7 Å². The number of benzene rings is 2. The van der Waals surface area contributed by atoms with E-state index in [2.05, 4.69) is 48.3 Å². The number of nitrogens with one attached hydrogen (secondary N) is 1. The molecule has 2 saturated heterocycles. The first kappa shape index (κ1) is 21.9. The van der Waals surface area contributed by atoms with E-state index in [1.807, 2.05) is 41.3 Å². The van der Waals surface area contributed by atoms with Crippen molar-refractivity contribution in [2.45, 2.75) is 43.6 Å². The number of carbonyl (C=O) groups excluding carboxylic acids is 2. The van der Waals surface area contributed by atoms with E-state index in [9.17, 15) is 9.59 Å². The second-order valence-corrected chi connectivity index (χ2v) is 9.43. The van der Waals surface area contributed by atoms with E-state index in [0.29, 0.717) is 18.7 Å². The number of rotatable bonds is 8. The molecule has 2 fully saturated rings. The van der Waals surface area contributed by atoms with Crippen molar-refractivity contribution < 1.29 is 9.59 Å². The van der Waals surface area contributed by atoms with Crippen LogP contribution in [0.2, 0.25) is 0 Å². The zero-order valence-corrected chi connectivity index (χ0v) is 19.1. The van der Waals surface area contributed by atoms with Gasteiger partial charge in [-0.05, 0) is 30.6 Å². The highest BCUT2D eigenvalue weighted by molar-refractivity contribution is 8.00. The number of thioether (sulfide) groups is 1. The van der Waals surface area contributed by atoms with Gasteiger partial charge in [-0.2, -0.15) is 0 Å². The number of likely N-dealkylation sites (N-methyl/N-ethyl adjacent to an activating group) is 1. The number of carbonyl (C=O) groups is 2. The molecule has 0 bridgehead atoms. The Labute approximate surface area is 189 Å². The summed E-state index contributed by atoms with van der Waals surface area (Å²) in [4.78, 5) is 29.9. The van der Waals surface area contributed by atoms with Crippen molar-refractivity contribution in [3.8, 4) is 0 Å². The van der Waals surface area contributed by atoms with Gasteiger partial charge in [-0.3, -0.25) is 14.5 Å². The minimum absolute atomic E-state index is 0.0476. The summed E-state index contributed by atoms with van der Waals surface area (Å²) in [6, 6.07) is 20.2. The molecule has 6 heteroatoms. The summed E-state index contributed by atoms with van der Waals surface area (Å²) in [5.74, 6) is 0.666. The standard InChI is InChI=1S/C25H31N3O2S/c1-3-27(4-2)21(19-11-7-5-8-12-19)17-26-24(30)22-18-31-25(16-15-23(29)28(22)25)20-13-9-6-10-14-20/h5-14,21-22H,3-4,15-18H2,1-2H3,(H,26,30)/t21-,22-,25+/m1/s1. The molecular formula is C25H31N3O2S. The van der Waals surface area contributed by atoms with E-state index in [4.69, 9.17) is 0 Å². The predicted molar refractivity (Wildman–Crippen MR) is 126 cm³/mol. The molecule has 0 saturated carbocycles. The molecule has 31 heavy (non-hydrogen) atoms. The molecule has 0 spiro atoms. The monoisotopic (exact) mass is 437 g/mol. The topological polar surface area (TPSA) is 52.7 Å². The van der Waals surface area contributed by atoms with Gasteiger partial charge in [0.05, 0.1) is 6.04 Å². The van der Waals surface area contributed by atoms with Crippen LogP contribution in [0.25, 0.3) is 0 Å². The van der Waals surface area contributed by atoms with Gasteiger partial charge >= 0.3 is 0 Å². The molecule has 3 atom stereocenters. The second-order valence-electron chi connectivity index (χ2n) is 8.13. The van der Waals surface area contributed by atoms with Crippen molar-refractivity contribution in [3.63, 3.8) is 0 Å². The third kappa shape index (κ3) is 4.11. The van der Waals surface area contributed by atoms with E-state index in [1.165, 1.54) is 5.56 Å². The van der Waals surface area contributed by atoms with E-state index in [-0.39, 0.29) is 17.9 Å². The molecular weight excluding hydrogens is 406 g/mol. The Balaban J connectivity index is 1.51. The highest BCUT2D eigenvalue weighted by Crippen LogP contribution is 2.54. The van der Waals surface area contributed by atoms with Crippen molar-refractivity contribution in [2.75, 3.05) is 25.4 Å². The quantitative estimate of drug-likeness (QED) is 0.683. The van der Waals surface area contributed by atoms with Gasteiger partial charge in [0.1, 0.15) is 10.9 Å². The SMILES string of the molecule is CCN(CC)[C@H](CNC(=O)[C@H]1CS[C@]2(c3ccccc3)CCC(=O)N12)c1ccccc1. The molecule has 4 rings (SSSR count). The molecule has 5 nitrogen and oxygen atoms in total. The third-order valence-electron chi connectivity index (χ3n) is 6.56. The van der Waals surface area contributed by atoms with Crippen molar-refractivity contribution >= 4 is 23.6 Å². The van der Waals surface area contributed by atoms with Crippen LogP contribution in [0, 0.1) is 0 Å². The number of fused-ring (bicyclic) bond motifs is 1. The fraction of sp³-hybridized carbons (Fsp3) is 0.440. The molecule has 2 heterocycles. The average molecular weight is 438 g/mol. The largest absolute Gasteiger partial charge is 0.352 e. The third-order valence-corrected chi connectivity index (χ3v) is 8.16. The van der Waals surface area contributed by atoms with E-state index >= 15 is 0 Å². The molecule has 2 aliphatic rings. The Morgan fingerprint density at radius 2 is 1.77 bits per heavy atom. The lowest BCUT2D eigenvalue weighted by Crippen LogP contribution is -2.51. The molecule has 0 radical (unpaired) electrons. The fourth-order valence-electron chi connectivity index (χ4n) is 4.95. The van der Waals surface area contributed by atoms with Gasteiger partial charge < -0.3 is 10.2 Å². The van der Waals surface area contributed by atoms with Crippen molar-refractivity contribution in [2.24, 2.45) is 0 Å². The van der Waals surface area contributed by atoms with Crippen LogP contribution in [-0.2, 0) is 14.5 Å². The van der Waals surface area contributed by atoms with Gasteiger partial charge in [0.2, 0.25) is 11.8 Å². The van der Waals surface area contributed by atoms with Crippen molar-refractivity contribution in [1.82, 2.24) is 15.1 Å². The highest BCUT2D eigenvalue weighted by Gasteiger charge is 2.56. The van der Waals surface area contributed by atoms with Crippen LogP contribution in [0.5, 0.6) is 0 Å². The summed E-state index contributed by atoms with van der Waals surface area (Å²) in [6.45, 7) is 6.64. The zero-order valence-electron chi connectivity index (χ0n) is 18.3. The summed E-state index contributed by atoms with van der Waals surface area (Å²) in [5, 5.41) is 3.19. The maximum Gasteiger partial charge on any atom is 0.243 e. The van der Waals surface area contributed by atoms with E-state index in [1.54, 1.807) is 11.8 Å². The normalized spacial score (nSPS) is 23.8. The molecule has 2 amide bonds. The lowest BCUT2D eigenvalue weighted by Gasteiger charge is -2.34. The summed E-state index contributed by atoms with van der Waals surface area (Å²) in [6.07, 6.45) is 1.26. The van der Waals surface area contributed by atoms with Gasteiger partial charge in [-0.15, -0.1) is 11.8 Å². The lowest BCUT2D eigenvalue weighted by molar-refractivity contribution is -0.138. The zero-order chi connectivity index (χ0) is 21.8. The molecule has 0 aliphatic carbocycles. The molecule has 2 aromatic carbocycles. The molecule has 164 valence electrons. The Morgan fingerprint density at radius 3 is 2.42 bits per heavy atom. The Kier molecular flexibility index (Phi) is 6.68. The minimum Gasteiger partial charge on any atom is -0.352 e. The summed E-state index contributed by atoms with van der Waals surface area (Å²) in [7, 11) is 0. The number of hydrogen-bond donors (Lipinski definition) is 1. The van der Waals surface area contributed by atoms with Crippen LogP contribution >= 0.6 is 11.8 Å². The fourth-order valence-corrected chi connectivity index (χ4v) is 6.60. The molecule has 2 aliphatic heterocycles. The summed E-state index contributed by atoms with van der Waals surface area (Å²) in [5.41, 5.74) is 2.31. The van der Waals surface area contributed by atoms with Crippen molar-refractivity contribution in [1.29, 1.82) is 0 Å². The first-order valence-corrected chi connectivity index (χ1v) is 12.2. The maximum absolute atomic E-state index is 13.3. The Bertz CT molecular complexity index is 903. The van der Waals surface area contributed by atoms with E-state index in [0.717, 1.165) is 25.1 Å². The van der Waals surface area contributed by atoms with Crippen LogP contribution < -0.4 is 5.32 Å². The minimum atomic E-state index is -0.423.